The van der Waals surface area contributed by atoms with Crippen LogP contribution in [0.4, 0.5) is 24.5 Å². The van der Waals surface area contributed by atoms with Gasteiger partial charge in [0.15, 0.2) is 5.03 Å². The molecular weight excluding hydrogens is 403 g/mol. The number of amides is 2. The van der Waals surface area contributed by atoms with E-state index in [4.69, 9.17) is 4.74 Å². The molecular formula is C16H14F3N3O5S. The first-order chi connectivity index (χ1) is 13.0. The Hall–Kier alpha value is -3.15. The van der Waals surface area contributed by atoms with Crippen LogP contribution >= 0.6 is 0 Å². The molecule has 28 heavy (non-hydrogen) atoms. The fourth-order valence-electron chi connectivity index (χ4n) is 2.16. The zero-order valence-electron chi connectivity index (χ0n) is 14.5. The molecule has 0 aliphatic rings. The lowest BCUT2D eigenvalue weighted by Gasteiger charge is -2.13. The molecule has 8 nitrogen and oxygen atoms in total. The molecule has 0 saturated carbocycles. The summed E-state index contributed by atoms with van der Waals surface area (Å²) in [6, 6.07) is 6.08. The van der Waals surface area contributed by atoms with E-state index in [2.05, 4.69) is 15.6 Å². The van der Waals surface area contributed by atoms with Gasteiger partial charge in [-0.1, -0.05) is 0 Å². The van der Waals surface area contributed by atoms with Crippen molar-refractivity contribution in [3.8, 4) is 5.75 Å². The second-order valence-electron chi connectivity index (χ2n) is 5.36. The highest BCUT2D eigenvalue weighted by atomic mass is 32.2. The molecule has 1 aromatic carbocycles. The van der Waals surface area contributed by atoms with E-state index in [1.54, 1.807) is 0 Å². The van der Waals surface area contributed by atoms with Crippen LogP contribution in [0.25, 0.3) is 0 Å². The lowest BCUT2D eigenvalue weighted by molar-refractivity contribution is -0.114. The third kappa shape index (κ3) is 4.39. The molecule has 150 valence electrons. The average molecular weight is 417 g/mol. The summed E-state index contributed by atoms with van der Waals surface area (Å²) in [6.07, 6.45) is 0.831. The van der Waals surface area contributed by atoms with Crippen molar-refractivity contribution in [3.05, 3.63) is 42.1 Å². The van der Waals surface area contributed by atoms with E-state index >= 15 is 0 Å². The Kier molecular flexibility index (Phi) is 5.92. The Morgan fingerprint density at radius 2 is 1.82 bits per heavy atom. The summed E-state index contributed by atoms with van der Waals surface area (Å²) >= 11 is 0. The third-order valence-corrected chi connectivity index (χ3v) is 4.79. The van der Waals surface area contributed by atoms with Crippen molar-refractivity contribution in [2.24, 2.45) is 0 Å². The minimum atomic E-state index is -5.83. The smallest absolute Gasteiger partial charge is 0.495 e. The van der Waals surface area contributed by atoms with Gasteiger partial charge < -0.3 is 15.4 Å². The summed E-state index contributed by atoms with van der Waals surface area (Å²) < 4.78 is 66.9. The number of methoxy groups -OCH3 is 1. The van der Waals surface area contributed by atoms with Crippen molar-refractivity contribution < 1.29 is 35.9 Å². The number of rotatable bonds is 5. The number of anilines is 2. The predicted octanol–water partition coefficient (Wildman–Crippen LogP) is 2.59. The molecule has 12 heteroatoms. The summed E-state index contributed by atoms with van der Waals surface area (Å²) in [5.74, 6) is -1.28. The zero-order chi connectivity index (χ0) is 21.1. The van der Waals surface area contributed by atoms with E-state index in [1.165, 1.54) is 32.2 Å². The van der Waals surface area contributed by atoms with Crippen LogP contribution in [0, 0.1) is 0 Å². The fourth-order valence-corrected chi connectivity index (χ4v) is 3.03. The molecule has 0 saturated heterocycles. The number of benzene rings is 1. The van der Waals surface area contributed by atoms with E-state index in [1.807, 2.05) is 0 Å². The Labute approximate surface area is 157 Å². The highest BCUT2D eigenvalue weighted by Gasteiger charge is 2.49. The van der Waals surface area contributed by atoms with Crippen molar-refractivity contribution in [2.45, 2.75) is 17.5 Å². The maximum Gasteiger partial charge on any atom is 0.503 e. The molecule has 0 atom stereocenters. The molecule has 2 aromatic rings. The number of nitrogens with zero attached hydrogens (tertiary/aromatic N) is 1. The normalized spacial score (nSPS) is 11.6. The van der Waals surface area contributed by atoms with Gasteiger partial charge in [-0.15, -0.1) is 0 Å². The Morgan fingerprint density at radius 1 is 1.14 bits per heavy atom. The first-order valence-electron chi connectivity index (χ1n) is 7.50. The number of hydrogen-bond acceptors (Lipinski definition) is 6. The number of ether oxygens (including phenoxy) is 1. The monoisotopic (exact) mass is 417 g/mol. The molecule has 0 aliphatic carbocycles. The first-order valence-corrected chi connectivity index (χ1v) is 8.99. The number of aromatic nitrogens is 1. The van der Waals surface area contributed by atoms with Crippen molar-refractivity contribution in [2.75, 3.05) is 17.7 Å². The number of nitrogens with one attached hydrogen (secondary N) is 2. The molecule has 0 radical (unpaired) electrons. The SMILES string of the molecule is COc1ccc(NC(=O)c2cccnc2S(=O)(=O)C(F)(F)F)cc1NC(C)=O. The summed E-state index contributed by atoms with van der Waals surface area (Å²) in [6.45, 7) is 1.24. The van der Waals surface area contributed by atoms with Gasteiger partial charge in [0.1, 0.15) is 5.75 Å². The zero-order valence-corrected chi connectivity index (χ0v) is 15.3. The number of alkyl halides is 3. The van der Waals surface area contributed by atoms with Crippen LogP contribution in [-0.2, 0) is 14.6 Å². The van der Waals surface area contributed by atoms with Crippen molar-refractivity contribution in [1.82, 2.24) is 4.98 Å². The number of carbonyl (C=O) groups excluding carboxylic acids is 2. The van der Waals surface area contributed by atoms with Crippen LogP contribution in [0.15, 0.2) is 41.6 Å². The van der Waals surface area contributed by atoms with Crippen LogP contribution in [0.3, 0.4) is 0 Å². The van der Waals surface area contributed by atoms with Crippen molar-refractivity contribution in [3.63, 3.8) is 0 Å². The van der Waals surface area contributed by atoms with E-state index < -0.39 is 37.7 Å². The summed E-state index contributed by atoms with van der Waals surface area (Å²) in [5.41, 5.74) is -6.12. The molecule has 0 aliphatic heterocycles. The molecule has 2 amide bonds. The molecule has 1 heterocycles. The quantitative estimate of drug-likeness (QED) is 0.773. The Balaban J connectivity index is 2.41. The number of halogens is 3. The molecule has 1 aromatic heterocycles. The van der Waals surface area contributed by atoms with Crippen LogP contribution in [0.2, 0.25) is 0 Å². The van der Waals surface area contributed by atoms with Gasteiger partial charge >= 0.3 is 5.51 Å². The van der Waals surface area contributed by atoms with Gasteiger partial charge in [0.05, 0.1) is 18.4 Å². The van der Waals surface area contributed by atoms with Gasteiger partial charge in [0.25, 0.3) is 15.7 Å². The first kappa shape index (κ1) is 21.2. The van der Waals surface area contributed by atoms with Gasteiger partial charge in [0.2, 0.25) is 5.91 Å². The standard InChI is InChI=1S/C16H14F3N3O5S/c1-9(23)21-12-8-10(5-6-13(12)27-2)22-14(24)11-4-3-7-20-15(11)28(25,26)16(17,18)19/h3-8H,1-2H3,(H,21,23)(H,22,24). The number of sulfone groups is 1. The summed E-state index contributed by atoms with van der Waals surface area (Å²) in [4.78, 5) is 26.9. The lowest BCUT2D eigenvalue weighted by Crippen LogP contribution is -2.27. The van der Waals surface area contributed by atoms with E-state index in [0.717, 1.165) is 18.3 Å². The highest BCUT2D eigenvalue weighted by Crippen LogP contribution is 2.32. The van der Waals surface area contributed by atoms with Crippen molar-refractivity contribution >= 4 is 33.0 Å². The van der Waals surface area contributed by atoms with Gasteiger partial charge in [-0.3, -0.25) is 9.59 Å². The van der Waals surface area contributed by atoms with E-state index in [0.29, 0.717) is 0 Å². The van der Waals surface area contributed by atoms with Crippen LogP contribution in [-0.4, -0.2) is 37.8 Å². The largest absolute Gasteiger partial charge is 0.503 e. The van der Waals surface area contributed by atoms with Gasteiger partial charge in [-0.25, -0.2) is 13.4 Å². The predicted molar refractivity (Wildman–Crippen MR) is 92.7 cm³/mol. The average Bonchev–Trinajstić information content (AvgIpc) is 2.60. The topological polar surface area (TPSA) is 114 Å². The number of pyridine rings is 1. The maximum absolute atomic E-state index is 12.8. The Bertz CT molecular complexity index is 1020. The molecule has 0 spiro atoms. The van der Waals surface area contributed by atoms with Crippen LogP contribution in [0.1, 0.15) is 17.3 Å². The summed E-state index contributed by atoms with van der Waals surface area (Å²) in [5, 5.41) is 3.32. The van der Waals surface area contributed by atoms with Crippen LogP contribution < -0.4 is 15.4 Å². The minimum absolute atomic E-state index is 0.0776. The van der Waals surface area contributed by atoms with Gasteiger partial charge in [0, 0.05) is 18.8 Å². The minimum Gasteiger partial charge on any atom is -0.495 e. The molecule has 2 rings (SSSR count). The lowest BCUT2D eigenvalue weighted by atomic mass is 10.2. The third-order valence-electron chi connectivity index (χ3n) is 3.34. The van der Waals surface area contributed by atoms with Crippen LogP contribution in [0.5, 0.6) is 5.75 Å². The second kappa shape index (κ2) is 7.84. The molecule has 0 unspecified atom stereocenters. The highest BCUT2D eigenvalue weighted by molar-refractivity contribution is 7.92. The molecule has 2 N–H and O–H groups in total. The fraction of sp³-hybridized carbons (Fsp3) is 0.188. The van der Waals surface area contributed by atoms with Gasteiger partial charge in [-0.2, -0.15) is 13.2 Å². The van der Waals surface area contributed by atoms with E-state index in [9.17, 15) is 31.2 Å². The number of carbonyl (C=O) groups is 2. The molecule has 0 fully saturated rings. The summed E-state index contributed by atoms with van der Waals surface area (Å²) in [7, 11) is -4.48. The molecule has 0 bridgehead atoms. The second-order valence-corrected chi connectivity index (χ2v) is 7.21. The van der Waals surface area contributed by atoms with E-state index in [-0.39, 0.29) is 17.1 Å². The van der Waals surface area contributed by atoms with Gasteiger partial charge in [-0.05, 0) is 30.3 Å². The Morgan fingerprint density at radius 3 is 2.39 bits per heavy atom. The number of hydrogen-bond donors (Lipinski definition) is 2. The maximum atomic E-state index is 12.8. The van der Waals surface area contributed by atoms with Crippen molar-refractivity contribution in [1.29, 1.82) is 0 Å².